The average molecular weight is 325 g/mol. The van der Waals surface area contributed by atoms with E-state index in [-0.39, 0.29) is 18.6 Å². The number of nitrogens with one attached hydrogen (secondary N) is 2. The number of rotatable bonds is 7. The summed E-state index contributed by atoms with van der Waals surface area (Å²) in [5, 5.41) is 6.93. The van der Waals surface area contributed by atoms with Crippen molar-refractivity contribution < 1.29 is 14.3 Å². The van der Waals surface area contributed by atoms with E-state index in [1.54, 1.807) is 11.3 Å². The Morgan fingerprint density at radius 2 is 2.36 bits per heavy atom. The molecule has 0 unspecified atom stereocenters. The first kappa shape index (κ1) is 16.9. The van der Waals surface area contributed by atoms with Gasteiger partial charge in [-0.2, -0.15) is 0 Å². The summed E-state index contributed by atoms with van der Waals surface area (Å²) < 4.78 is 5.65. The molecule has 1 saturated heterocycles. The molecule has 0 spiro atoms. The van der Waals surface area contributed by atoms with Gasteiger partial charge in [-0.1, -0.05) is 6.07 Å². The van der Waals surface area contributed by atoms with Crippen LogP contribution in [0.4, 0.5) is 4.79 Å². The Morgan fingerprint density at radius 3 is 3.00 bits per heavy atom. The van der Waals surface area contributed by atoms with Gasteiger partial charge >= 0.3 is 6.03 Å². The SMILES string of the molecule is CCNC(=O)NC(=O)CN(Cc1cccs1)C[C@H]1CCCO1. The molecule has 6 nitrogen and oxygen atoms in total. The number of carbonyl (C=O) groups is 2. The van der Waals surface area contributed by atoms with E-state index in [1.807, 2.05) is 23.3 Å². The summed E-state index contributed by atoms with van der Waals surface area (Å²) in [7, 11) is 0. The van der Waals surface area contributed by atoms with Gasteiger partial charge in [0.15, 0.2) is 0 Å². The van der Waals surface area contributed by atoms with E-state index in [1.165, 1.54) is 4.88 Å². The van der Waals surface area contributed by atoms with Gasteiger partial charge in [-0.05, 0) is 31.2 Å². The maximum Gasteiger partial charge on any atom is 0.321 e. The van der Waals surface area contributed by atoms with Crippen LogP contribution in [0.1, 0.15) is 24.6 Å². The lowest BCUT2D eigenvalue weighted by Gasteiger charge is -2.24. The molecule has 1 aromatic heterocycles. The first-order valence-corrected chi connectivity index (χ1v) is 8.49. The maximum absolute atomic E-state index is 12.0. The van der Waals surface area contributed by atoms with Gasteiger partial charge in [-0.25, -0.2) is 4.79 Å². The predicted octanol–water partition coefficient (Wildman–Crippen LogP) is 1.57. The molecule has 1 aromatic rings. The zero-order valence-electron chi connectivity index (χ0n) is 12.8. The fourth-order valence-electron chi connectivity index (χ4n) is 2.46. The number of thiophene rings is 1. The lowest BCUT2D eigenvalue weighted by atomic mass is 10.2. The van der Waals surface area contributed by atoms with Gasteiger partial charge in [0, 0.05) is 31.1 Å². The summed E-state index contributed by atoms with van der Waals surface area (Å²) in [4.78, 5) is 26.6. The second-order valence-corrected chi connectivity index (χ2v) is 6.32. The molecule has 2 N–H and O–H groups in total. The Labute approximate surface area is 134 Å². The summed E-state index contributed by atoms with van der Waals surface area (Å²) in [6, 6.07) is 3.61. The molecule has 0 bridgehead atoms. The van der Waals surface area contributed by atoms with Crippen LogP contribution in [0.5, 0.6) is 0 Å². The van der Waals surface area contributed by atoms with E-state index < -0.39 is 6.03 Å². The fourth-order valence-corrected chi connectivity index (χ4v) is 3.20. The molecule has 2 rings (SSSR count). The van der Waals surface area contributed by atoms with Crippen molar-refractivity contribution in [3.8, 4) is 0 Å². The monoisotopic (exact) mass is 325 g/mol. The Balaban J connectivity index is 1.88. The van der Waals surface area contributed by atoms with Crippen molar-refractivity contribution in [1.29, 1.82) is 0 Å². The van der Waals surface area contributed by atoms with Crippen LogP contribution in [0.2, 0.25) is 0 Å². The topological polar surface area (TPSA) is 70.7 Å². The molecule has 7 heteroatoms. The number of amides is 3. The van der Waals surface area contributed by atoms with Gasteiger partial charge in [0.25, 0.3) is 0 Å². The predicted molar refractivity (Wildman–Crippen MR) is 85.8 cm³/mol. The third-order valence-electron chi connectivity index (χ3n) is 3.40. The normalized spacial score (nSPS) is 17.6. The van der Waals surface area contributed by atoms with Crippen molar-refractivity contribution in [3.63, 3.8) is 0 Å². The smallest absolute Gasteiger partial charge is 0.321 e. The Bertz CT molecular complexity index is 472. The molecule has 1 aliphatic rings. The van der Waals surface area contributed by atoms with Gasteiger partial charge in [0.2, 0.25) is 5.91 Å². The lowest BCUT2D eigenvalue weighted by Crippen LogP contribution is -2.45. The van der Waals surface area contributed by atoms with Gasteiger partial charge in [-0.15, -0.1) is 11.3 Å². The molecule has 1 fully saturated rings. The third kappa shape index (κ3) is 5.75. The molecule has 0 aliphatic carbocycles. The van der Waals surface area contributed by atoms with Crippen molar-refractivity contribution in [3.05, 3.63) is 22.4 Å². The minimum absolute atomic E-state index is 0.178. The Kier molecular flexibility index (Phi) is 6.82. The highest BCUT2D eigenvalue weighted by Gasteiger charge is 2.21. The van der Waals surface area contributed by atoms with Crippen molar-refractivity contribution in [2.24, 2.45) is 0 Å². The van der Waals surface area contributed by atoms with Crippen LogP contribution in [0, 0.1) is 0 Å². The van der Waals surface area contributed by atoms with Crippen LogP contribution in [0.15, 0.2) is 17.5 Å². The minimum atomic E-state index is -0.444. The number of hydrogen-bond acceptors (Lipinski definition) is 5. The zero-order valence-corrected chi connectivity index (χ0v) is 13.7. The maximum atomic E-state index is 12.0. The van der Waals surface area contributed by atoms with Gasteiger partial charge in [0.05, 0.1) is 12.6 Å². The van der Waals surface area contributed by atoms with Crippen LogP contribution >= 0.6 is 11.3 Å². The summed E-state index contributed by atoms with van der Waals surface area (Å²) in [5.41, 5.74) is 0. The molecule has 0 saturated carbocycles. The summed E-state index contributed by atoms with van der Waals surface area (Å²) >= 11 is 1.66. The molecule has 1 aliphatic heterocycles. The largest absolute Gasteiger partial charge is 0.377 e. The number of urea groups is 1. The van der Waals surface area contributed by atoms with E-state index in [0.29, 0.717) is 19.6 Å². The second-order valence-electron chi connectivity index (χ2n) is 5.29. The number of nitrogens with zero attached hydrogens (tertiary/aromatic N) is 1. The Morgan fingerprint density at radius 1 is 1.50 bits per heavy atom. The van der Waals surface area contributed by atoms with Crippen molar-refractivity contribution in [1.82, 2.24) is 15.5 Å². The molecule has 2 heterocycles. The van der Waals surface area contributed by atoms with Crippen LogP contribution in [-0.4, -0.2) is 49.2 Å². The van der Waals surface area contributed by atoms with E-state index in [0.717, 1.165) is 19.4 Å². The van der Waals surface area contributed by atoms with E-state index in [9.17, 15) is 9.59 Å². The van der Waals surface area contributed by atoms with E-state index >= 15 is 0 Å². The molecule has 3 amide bonds. The lowest BCUT2D eigenvalue weighted by molar-refractivity contribution is -0.121. The molecule has 0 aromatic carbocycles. The highest BCUT2D eigenvalue weighted by Crippen LogP contribution is 2.16. The standard InChI is InChI=1S/C15H23N3O3S/c1-2-16-15(20)17-14(19)11-18(9-12-5-3-7-21-12)10-13-6-4-8-22-13/h4,6,8,12H,2-3,5,7,9-11H2,1H3,(H2,16,17,19,20)/t12-/m1/s1. The summed E-state index contributed by atoms with van der Waals surface area (Å²) in [6.45, 7) is 4.69. The van der Waals surface area contributed by atoms with E-state index in [2.05, 4.69) is 16.7 Å². The number of imide groups is 1. The highest BCUT2D eigenvalue weighted by atomic mass is 32.1. The van der Waals surface area contributed by atoms with Crippen LogP contribution in [0.25, 0.3) is 0 Å². The number of ether oxygens (including phenoxy) is 1. The summed E-state index contributed by atoms with van der Waals surface area (Å²) in [5.74, 6) is -0.291. The average Bonchev–Trinajstić information content (AvgIpc) is 3.12. The third-order valence-corrected chi connectivity index (χ3v) is 4.26. The second kappa shape index (κ2) is 8.87. The Hall–Kier alpha value is -1.44. The van der Waals surface area contributed by atoms with Gasteiger partial charge < -0.3 is 10.1 Å². The molecular weight excluding hydrogens is 302 g/mol. The molecule has 0 radical (unpaired) electrons. The molecule has 122 valence electrons. The number of carbonyl (C=O) groups excluding carboxylic acids is 2. The van der Waals surface area contributed by atoms with Crippen LogP contribution < -0.4 is 10.6 Å². The van der Waals surface area contributed by atoms with Crippen molar-refractivity contribution in [2.45, 2.75) is 32.4 Å². The van der Waals surface area contributed by atoms with E-state index in [4.69, 9.17) is 4.74 Å². The molecule has 1 atom stereocenters. The highest BCUT2D eigenvalue weighted by molar-refractivity contribution is 7.09. The summed E-state index contributed by atoms with van der Waals surface area (Å²) in [6.07, 6.45) is 2.28. The quantitative estimate of drug-likeness (QED) is 0.798. The molecular formula is C15H23N3O3S. The molecule has 22 heavy (non-hydrogen) atoms. The first-order chi connectivity index (χ1) is 10.7. The van der Waals surface area contributed by atoms with Gasteiger partial charge in [-0.3, -0.25) is 15.0 Å². The van der Waals surface area contributed by atoms with Crippen LogP contribution in [0.3, 0.4) is 0 Å². The van der Waals surface area contributed by atoms with Crippen LogP contribution in [-0.2, 0) is 16.1 Å². The van der Waals surface area contributed by atoms with Crippen molar-refractivity contribution >= 4 is 23.3 Å². The first-order valence-electron chi connectivity index (χ1n) is 7.61. The zero-order chi connectivity index (χ0) is 15.8. The minimum Gasteiger partial charge on any atom is -0.377 e. The fraction of sp³-hybridized carbons (Fsp3) is 0.600. The number of hydrogen-bond donors (Lipinski definition) is 2. The van der Waals surface area contributed by atoms with Gasteiger partial charge in [0.1, 0.15) is 0 Å². The van der Waals surface area contributed by atoms with Crippen molar-refractivity contribution in [2.75, 3.05) is 26.2 Å².